The molecule has 2 saturated heterocycles. The first kappa shape index (κ1) is 15.8. The van der Waals surface area contributed by atoms with E-state index in [0.717, 1.165) is 36.6 Å². The molecule has 1 aromatic rings. The van der Waals surface area contributed by atoms with Crippen LogP contribution < -0.4 is 0 Å². The molecule has 2 fully saturated rings. The van der Waals surface area contributed by atoms with E-state index in [4.69, 9.17) is 11.6 Å². The smallest absolute Gasteiger partial charge is 0.223 e. The molecule has 4 nitrogen and oxygen atoms in total. The number of likely N-dealkylation sites (N-methyl/N-ethyl adjacent to an activating group) is 1. The highest BCUT2D eigenvalue weighted by molar-refractivity contribution is 6.31. The van der Waals surface area contributed by atoms with Crippen LogP contribution in [0.15, 0.2) is 24.3 Å². The Morgan fingerprint density at radius 1 is 1.41 bits per heavy atom. The number of hydrogen-bond acceptors (Lipinski definition) is 3. The van der Waals surface area contributed by atoms with E-state index in [9.17, 15) is 9.90 Å². The van der Waals surface area contributed by atoms with E-state index in [1.807, 2.05) is 29.2 Å². The van der Waals surface area contributed by atoms with Crippen molar-refractivity contribution in [2.24, 2.45) is 5.92 Å². The first-order valence-corrected chi connectivity index (χ1v) is 8.25. The first-order valence-electron chi connectivity index (χ1n) is 7.87. The maximum atomic E-state index is 12.3. The van der Waals surface area contributed by atoms with Crippen LogP contribution in [0.2, 0.25) is 5.02 Å². The number of halogens is 1. The number of nitrogens with zero attached hydrogens (tertiary/aromatic N) is 2. The molecule has 1 amide bonds. The molecule has 0 aromatic heterocycles. The zero-order chi connectivity index (χ0) is 15.7. The van der Waals surface area contributed by atoms with Gasteiger partial charge in [-0.2, -0.15) is 0 Å². The lowest BCUT2D eigenvalue weighted by Gasteiger charge is -2.52. The van der Waals surface area contributed by atoms with Crippen molar-refractivity contribution >= 4 is 17.5 Å². The van der Waals surface area contributed by atoms with E-state index >= 15 is 0 Å². The number of carbonyl (C=O) groups is 1. The van der Waals surface area contributed by atoms with Gasteiger partial charge in [-0.25, -0.2) is 0 Å². The molecule has 0 radical (unpaired) electrons. The van der Waals surface area contributed by atoms with Gasteiger partial charge in [0.25, 0.3) is 0 Å². The molecular formula is C17H23ClN2O2. The van der Waals surface area contributed by atoms with Gasteiger partial charge in [-0.05, 0) is 37.4 Å². The number of benzene rings is 1. The SMILES string of the molecule is CN1CC(CO)CC12CN(C(=O)CCc1ccccc1Cl)C2. The Kier molecular flexibility index (Phi) is 4.44. The van der Waals surface area contributed by atoms with Gasteiger partial charge in [-0.1, -0.05) is 29.8 Å². The Morgan fingerprint density at radius 3 is 2.77 bits per heavy atom. The zero-order valence-electron chi connectivity index (χ0n) is 13.0. The number of carbonyl (C=O) groups excluding carboxylic acids is 1. The quantitative estimate of drug-likeness (QED) is 0.919. The summed E-state index contributed by atoms with van der Waals surface area (Å²) in [6, 6.07) is 7.69. The summed E-state index contributed by atoms with van der Waals surface area (Å²) in [5, 5.41) is 10.1. The average molecular weight is 323 g/mol. The normalized spacial score (nSPS) is 23.8. The maximum Gasteiger partial charge on any atom is 0.223 e. The second-order valence-corrected chi connectivity index (χ2v) is 7.11. The minimum Gasteiger partial charge on any atom is -0.396 e. The molecule has 1 atom stereocenters. The van der Waals surface area contributed by atoms with Gasteiger partial charge in [-0.3, -0.25) is 9.69 Å². The Bertz CT molecular complexity index is 557. The lowest BCUT2D eigenvalue weighted by atomic mass is 9.84. The molecule has 0 aliphatic carbocycles. The Hall–Kier alpha value is -1.10. The molecule has 0 saturated carbocycles. The van der Waals surface area contributed by atoms with Crippen LogP contribution in [0.25, 0.3) is 0 Å². The largest absolute Gasteiger partial charge is 0.396 e. The van der Waals surface area contributed by atoms with E-state index in [1.54, 1.807) is 0 Å². The highest BCUT2D eigenvalue weighted by Gasteiger charge is 2.52. The van der Waals surface area contributed by atoms with Crippen LogP contribution in [0.1, 0.15) is 18.4 Å². The topological polar surface area (TPSA) is 43.8 Å². The Labute approximate surface area is 136 Å². The molecule has 3 rings (SSSR count). The van der Waals surface area contributed by atoms with Crippen molar-refractivity contribution in [1.29, 1.82) is 0 Å². The molecular weight excluding hydrogens is 300 g/mol. The predicted octanol–water partition coefficient (Wildman–Crippen LogP) is 1.80. The van der Waals surface area contributed by atoms with Crippen LogP contribution in [-0.2, 0) is 11.2 Å². The summed E-state index contributed by atoms with van der Waals surface area (Å²) < 4.78 is 0. The summed E-state index contributed by atoms with van der Waals surface area (Å²) in [4.78, 5) is 16.6. The molecule has 2 heterocycles. The molecule has 120 valence electrons. The minimum atomic E-state index is 0.105. The van der Waals surface area contributed by atoms with Gasteiger partial charge in [0.2, 0.25) is 5.91 Å². The average Bonchev–Trinajstić information content (AvgIpc) is 2.81. The number of amides is 1. The van der Waals surface area contributed by atoms with Gasteiger partial charge in [0.15, 0.2) is 0 Å². The van der Waals surface area contributed by atoms with Crippen LogP contribution in [-0.4, -0.2) is 59.6 Å². The van der Waals surface area contributed by atoms with Crippen LogP contribution in [0.3, 0.4) is 0 Å². The highest BCUT2D eigenvalue weighted by atomic mass is 35.5. The van der Waals surface area contributed by atoms with Crippen LogP contribution in [0.4, 0.5) is 0 Å². The van der Waals surface area contributed by atoms with Crippen LogP contribution in [0.5, 0.6) is 0 Å². The van der Waals surface area contributed by atoms with E-state index in [1.165, 1.54) is 0 Å². The van der Waals surface area contributed by atoms with Gasteiger partial charge >= 0.3 is 0 Å². The fourth-order valence-corrected chi connectivity index (χ4v) is 4.00. The van der Waals surface area contributed by atoms with Crippen molar-refractivity contribution < 1.29 is 9.90 Å². The van der Waals surface area contributed by atoms with E-state index in [0.29, 0.717) is 18.8 Å². The molecule has 1 N–H and O–H groups in total. The second-order valence-electron chi connectivity index (χ2n) is 6.70. The lowest BCUT2D eigenvalue weighted by Crippen LogP contribution is -2.68. The van der Waals surface area contributed by atoms with Crippen molar-refractivity contribution in [2.45, 2.75) is 24.8 Å². The molecule has 2 aliphatic heterocycles. The summed E-state index contributed by atoms with van der Waals surface area (Å²) in [5.41, 5.74) is 1.14. The third kappa shape index (κ3) is 2.87. The fourth-order valence-electron chi connectivity index (χ4n) is 3.77. The van der Waals surface area contributed by atoms with Crippen molar-refractivity contribution in [3.8, 4) is 0 Å². The van der Waals surface area contributed by atoms with Crippen molar-refractivity contribution in [3.63, 3.8) is 0 Å². The summed E-state index contributed by atoms with van der Waals surface area (Å²) in [5.74, 6) is 0.553. The number of aryl methyl sites for hydroxylation is 1. The Balaban J connectivity index is 1.51. The summed E-state index contributed by atoms with van der Waals surface area (Å²) >= 11 is 6.13. The first-order chi connectivity index (χ1) is 10.5. The van der Waals surface area contributed by atoms with Gasteiger partial charge in [0, 0.05) is 37.7 Å². The number of aliphatic hydroxyl groups excluding tert-OH is 1. The number of likely N-dealkylation sites (tertiary alicyclic amines) is 2. The standard InChI is InChI=1S/C17H23ClN2O2/c1-19-9-13(10-21)8-17(19)11-20(12-17)16(22)7-6-14-4-2-3-5-15(14)18/h2-5,13,21H,6-12H2,1H3. The van der Waals surface area contributed by atoms with Gasteiger partial charge < -0.3 is 10.0 Å². The zero-order valence-corrected chi connectivity index (χ0v) is 13.7. The number of aliphatic hydroxyl groups is 1. The van der Waals surface area contributed by atoms with E-state index < -0.39 is 0 Å². The molecule has 2 aliphatic rings. The minimum absolute atomic E-state index is 0.105. The second kappa shape index (κ2) is 6.19. The third-order valence-electron chi connectivity index (χ3n) is 5.16. The predicted molar refractivity (Wildman–Crippen MR) is 86.9 cm³/mol. The van der Waals surface area contributed by atoms with Crippen LogP contribution >= 0.6 is 11.6 Å². The molecule has 0 bridgehead atoms. The summed E-state index contributed by atoms with van der Waals surface area (Å²) in [7, 11) is 2.10. The number of rotatable bonds is 4. The highest BCUT2D eigenvalue weighted by Crippen LogP contribution is 2.39. The molecule has 1 spiro atoms. The van der Waals surface area contributed by atoms with Gasteiger partial charge in [0.05, 0.1) is 5.54 Å². The molecule has 5 heteroatoms. The summed E-state index contributed by atoms with van der Waals surface area (Å²) in [6.45, 7) is 2.76. The number of hydrogen-bond donors (Lipinski definition) is 1. The lowest BCUT2D eigenvalue weighted by molar-refractivity contribution is -0.143. The monoisotopic (exact) mass is 322 g/mol. The van der Waals surface area contributed by atoms with Crippen molar-refractivity contribution in [2.75, 3.05) is 33.3 Å². The van der Waals surface area contributed by atoms with Gasteiger partial charge in [0.1, 0.15) is 0 Å². The third-order valence-corrected chi connectivity index (χ3v) is 5.53. The molecule has 22 heavy (non-hydrogen) atoms. The Morgan fingerprint density at radius 2 is 2.14 bits per heavy atom. The van der Waals surface area contributed by atoms with Crippen LogP contribution in [0, 0.1) is 5.92 Å². The molecule has 1 aromatic carbocycles. The molecule has 1 unspecified atom stereocenters. The van der Waals surface area contributed by atoms with E-state index in [2.05, 4.69) is 11.9 Å². The maximum absolute atomic E-state index is 12.3. The van der Waals surface area contributed by atoms with Gasteiger partial charge in [-0.15, -0.1) is 0 Å². The van der Waals surface area contributed by atoms with Crippen molar-refractivity contribution in [3.05, 3.63) is 34.9 Å². The summed E-state index contributed by atoms with van der Waals surface area (Å²) in [6.07, 6.45) is 2.19. The van der Waals surface area contributed by atoms with Crippen molar-refractivity contribution in [1.82, 2.24) is 9.80 Å². The van der Waals surface area contributed by atoms with E-state index in [-0.39, 0.29) is 18.1 Å². The fraction of sp³-hybridized carbons (Fsp3) is 0.588.